The first kappa shape index (κ1) is 9.02. The van der Waals surface area contributed by atoms with Crippen molar-refractivity contribution in [2.75, 3.05) is 7.11 Å². The highest BCUT2D eigenvalue weighted by atomic mass is 16.5. The summed E-state index contributed by atoms with van der Waals surface area (Å²) in [6, 6.07) is 1.56. The minimum atomic E-state index is -1.54. The van der Waals surface area contributed by atoms with Crippen LogP contribution in [0.3, 0.4) is 0 Å². The molecule has 0 bridgehead atoms. The zero-order chi connectivity index (χ0) is 10.3. The largest absolute Gasteiger partial charge is 0.493 e. The van der Waals surface area contributed by atoms with Crippen LogP contribution in [0.2, 0.25) is 0 Å². The maximum absolute atomic E-state index is 11.5. The summed E-state index contributed by atoms with van der Waals surface area (Å²) in [5, 5.41) is 10.1. The molecule has 1 aromatic heterocycles. The Morgan fingerprint density at radius 1 is 1.57 bits per heavy atom. The summed E-state index contributed by atoms with van der Waals surface area (Å²) < 4.78 is 9.67. The van der Waals surface area contributed by atoms with Gasteiger partial charge < -0.3 is 14.3 Å². The Morgan fingerprint density at radius 3 is 2.71 bits per heavy atom. The van der Waals surface area contributed by atoms with Crippen LogP contribution in [0.4, 0.5) is 0 Å². The summed E-state index contributed by atoms with van der Waals surface area (Å²) in [4.78, 5) is 11.5. The summed E-state index contributed by atoms with van der Waals surface area (Å²) in [6.45, 7) is 1.66. The molecule has 0 radical (unpaired) electrons. The van der Waals surface area contributed by atoms with Gasteiger partial charge in [-0.05, 0) is 13.0 Å². The second kappa shape index (κ2) is 2.72. The molecule has 1 atom stereocenters. The lowest BCUT2D eigenvalue weighted by molar-refractivity contribution is -0.140. The van der Waals surface area contributed by atoms with E-state index in [0.29, 0.717) is 11.1 Å². The first-order chi connectivity index (χ1) is 6.62. The van der Waals surface area contributed by atoms with Crippen LogP contribution in [0.5, 0.6) is 0 Å². The van der Waals surface area contributed by atoms with Crippen molar-refractivity contribution in [1.29, 1.82) is 0 Å². The number of ether oxygens (including phenoxy) is 1. The zero-order valence-electron chi connectivity index (χ0n) is 7.90. The lowest BCUT2D eigenvalue weighted by Gasteiger charge is -2.36. The number of carbonyl (C=O) groups excluding carboxylic acids is 1. The van der Waals surface area contributed by atoms with Gasteiger partial charge in [0, 0.05) is 11.1 Å². The van der Waals surface area contributed by atoms with Crippen LogP contribution in [-0.4, -0.2) is 18.0 Å². The normalized spacial score (nSPS) is 26.4. The third-order valence-corrected chi connectivity index (χ3v) is 2.56. The van der Waals surface area contributed by atoms with Crippen LogP contribution >= 0.6 is 0 Å². The first-order valence-electron chi connectivity index (χ1n) is 4.17. The Balaban J connectivity index is 2.48. The molecule has 0 saturated carbocycles. The molecule has 1 N–H and O–H groups in total. The molecule has 74 valence electrons. The van der Waals surface area contributed by atoms with Crippen LogP contribution in [0, 0.1) is 0 Å². The Labute approximate surface area is 80.8 Å². The third kappa shape index (κ3) is 0.834. The lowest BCUT2D eigenvalue weighted by Crippen LogP contribution is -2.47. The van der Waals surface area contributed by atoms with Gasteiger partial charge in [0.1, 0.15) is 0 Å². The van der Waals surface area contributed by atoms with E-state index in [2.05, 4.69) is 0 Å². The number of methoxy groups -OCH3 is 1. The van der Waals surface area contributed by atoms with E-state index in [0.717, 1.165) is 0 Å². The molecule has 0 fully saturated rings. The zero-order valence-corrected chi connectivity index (χ0v) is 7.90. The Kier molecular flexibility index (Phi) is 1.75. The molecule has 0 aromatic carbocycles. The maximum atomic E-state index is 11.5. The van der Waals surface area contributed by atoms with E-state index in [1.165, 1.54) is 19.6 Å². The topological polar surface area (TPSA) is 59.7 Å². The maximum Gasteiger partial charge on any atom is 0.237 e. The van der Waals surface area contributed by atoms with Crippen molar-refractivity contribution in [3.8, 4) is 0 Å². The molecule has 14 heavy (non-hydrogen) atoms. The van der Waals surface area contributed by atoms with Crippen molar-refractivity contribution in [2.24, 2.45) is 0 Å². The smallest absolute Gasteiger partial charge is 0.237 e. The fourth-order valence-corrected chi connectivity index (χ4v) is 1.67. The molecule has 0 spiro atoms. The number of ketones is 1. The van der Waals surface area contributed by atoms with Gasteiger partial charge in [0.15, 0.2) is 11.4 Å². The molecule has 4 heteroatoms. The molecule has 1 unspecified atom stereocenters. The fraction of sp³-hybridized carbons (Fsp3) is 0.300. The van der Waals surface area contributed by atoms with Gasteiger partial charge in [0.25, 0.3) is 0 Å². The molecule has 0 saturated heterocycles. The van der Waals surface area contributed by atoms with Crippen molar-refractivity contribution < 1.29 is 19.1 Å². The number of hydrogen-bond donors (Lipinski definition) is 1. The second-order valence-electron chi connectivity index (χ2n) is 3.21. The quantitative estimate of drug-likeness (QED) is 0.762. The number of hydrogen-bond acceptors (Lipinski definition) is 4. The van der Waals surface area contributed by atoms with Crippen molar-refractivity contribution in [3.63, 3.8) is 0 Å². The Hall–Kier alpha value is -1.55. The highest BCUT2D eigenvalue weighted by Crippen LogP contribution is 2.43. The van der Waals surface area contributed by atoms with Gasteiger partial charge in [-0.15, -0.1) is 0 Å². The molecule has 1 heterocycles. The van der Waals surface area contributed by atoms with Crippen molar-refractivity contribution in [2.45, 2.75) is 12.5 Å². The summed E-state index contributed by atoms with van der Waals surface area (Å²) >= 11 is 0. The predicted octanol–water partition coefficient (Wildman–Crippen LogP) is 0.970. The summed E-state index contributed by atoms with van der Waals surface area (Å²) in [5.74, 6) is -0.187. The van der Waals surface area contributed by atoms with E-state index in [-0.39, 0.29) is 5.76 Å². The van der Waals surface area contributed by atoms with Crippen LogP contribution < -0.4 is 0 Å². The van der Waals surface area contributed by atoms with E-state index < -0.39 is 11.4 Å². The van der Waals surface area contributed by atoms with Gasteiger partial charge in [-0.2, -0.15) is 0 Å². The fourth-order valence-electron chi connectivity index (χ4n) is 1.67. The van der Waals surface area contributed by atoms with Gasteiger partial charge >= 0.3 is 0 Å². The highest BCUT2D eigenvalue weighted by Gasteiger charge is 2.53. The predicted molar refractivity (Wildman–Crippen MR) is 47.3 cm³/mol. The van der Waals surface area contributed by atoms with Gasteiger partial charge in [-0.25, -0.2) is 0 Å². The summed E-state index contributed by atoms with van der Waals surface area (Å²) in [7, 11) is 1.41. The minimum Gasteiger partial charge on any atom is -0.493 e. The number of aliphatic hydroxyl groups is 1. The molecule has 0 amide bonds. The van der Waals surface area contributed by atoms with E-state index >= 15 is 0 Å². The molecule has 4 nitrogen and oxygen atoms in total. The molecular formula is C10H10O4. The van der Waals surface area contributed by atoms with Gasteiger partial charge in [0.2, 0.25) is 5.78 Å². The van der Waals surface area contributed by atoms with Crippen LogP contribution in [0.1, 0.15) is 12.5 Å². The number of carbonyl (C=O) groups is 1. The van der Waals surface area contributed by atoms with Gasteiger partial charge in [-0.3, -0.25) is 4.79 Å². The first-order valence-corrected chi connectivity index (χ1v) is 4.17. The van der Waals surface area contributed by atoms with Crippen molar-refractivity contribution in [1.82, 2.24) is 0 Å². The Bertz CT molecular complexity index is 402. The van der Waals surface area contributed by atoms with E-state index in [9.17, 15) is 9.90 Å². The van der Waals surface area contributed by atoms with Crippen LogP contribution in [-0.2, 0) is 15.1 Å². The number of rotatable bonds is 2. The lowest BCUT2D eigenvalue weighted by atomic mass is 9.73. The van der Waals surface area contributed by atoms with E-state index in [1.807, 2.05) is 0 Å². The van der Waals surface area contributed by atoms with E-state index in [4.69, 9.17) is 9.15 Å². The minimum absolute atomic E-state index is 0.230. The molecule has 0 aliphatic heterocycles. The molecule has 2 rings (SSSR count). The third-order valence-electron chi connectivity index (χ3n) is 2.56. The summed E-state index contributed by atoms with van der Waals surface area (Å²) in [6.07, 6.45) is 2.77. The Morgan fingerprint density at radius 2 is 2.29 bits per heavy atom. The van der Waals surface area contributed by atoms with Gasteiger partial charge in [-0.1, -0.05) is 0 Å². The SMILES string of the molecule is COC1=C(C)C(O)(c2ccoc2)C1=O. The van der Waals surface area contributed by atoms with Crippen LogP contribution in [0.15, 0.2) is 34.3 Å². The highest BCUT2D eigenvalue weighted by molar-refractivity contribution is 6.10. The monoisotopic (exact) mass is 194 g/mol. The average Bonchev–Trinajstić information content (AvgIpc) is 2.70. The summed E-state index contributed by atoms with van der Waals surface area (Å²) in [5.41, 5.74) is -0.578. The molecule has 1 aliphatic carbocycles. The molecule has 1 aromatic rings. The standard InChI is InChI=1S/C10H10O4/c1-6-8(13-2)9(11)10(6,12)7-3-4-14-5-7/h3-5,12H,1-2H3. The van der Waals surface area contributed by atoms with Gasteiger partial charge in [0.05, 0.1) is 19.6 Å². The number of furan rings is 1. The van der Waals surface area contributed by atoms with Crippen molar-refractivity contribution in [3.05, 3.63) is 35.5 Å². The second-order valence-corrected chi connectivity index (χ2v) is 3.21. The average molecular weight is 194 g/mol. The van der Waals surface area contributed by atoms with Crippen LogP contribution in [0.25, 0.3) is 0 Å². The van der Waals surface area contributed by atoms with E-state index in [1.54, 1.807) is 13.0 Å². The molecular weight excluding hydrogens is 184 g/mol. The number of Topliss-reactive ketones (excluding diaryl/α,β-unsaturated/α-hetero) is 1. The molecule has 1 aliphatic rings. The van der Waals surface area contributed by atoms with Crippen molar-refractivity contribution >= 4 is 5.78 Å².